The molecule has 17 nitrogen and oxygen atoms in total. The van der Waals surface area contributed by atoms with Crippen LogP contribution in [0.4, 0.5) is 0 Å². The third-order valence-electron chi connectivity index (χ3n) is 17.3. The van der Waals surface area contributed by atoms with Crippen molar-refractivity contribution in [2.24, 2.45) is 5.92 Å². The van der Waals surface area contributed by atoms with Crippen LogP contribution in [0.25, 0.3) is 0 Å². The number of esters is 4. The summed E-state index contributed by atoms with van der Waals surface area (Å²) in [6.07, 6.45) is 55.3. The monoisotopic (exact) mass is 1370 g/mol. The van der Waals surface area contributed by atoms with E-state index in [2.05, 4.69) is 34.6 Å². The molecule has 0 saturated heterocycles. The van der Waals surface area contributed by atoms with Crippen LogP contribution in [0.2, 0.25) is 0 Å². The number of aliphatic hydroxyl groups excluding tert-OH is 1. The fourth-order valence-electron chi connectivity index (χ4n) is 11.4. The fourth-order valence-corrected chi connectivity index (χ4v) is 12.9. The highest BCUT2D eigenvalue weighted by Crippen LogP contribution is 2.45. The number of hydrogen-bond acceptors (Lipinski definition) is 15. The van der Waals surface area contributed by atoms with Crippen LogP contribution in [0.15, 0.2) is 0 Å². The van der Waals surface area contributed by atoms with Crippen LogP contribution in [-0.4, -0.2) is 96.7 Å². The van der Waals surface area contributed by atoms with Gasteiger partial charge in [0.2, 0.25) is 0 Å². The van der Waals surface area contributed by atoms with E-state index in [1.165, 1.54) is 212 Å². The minimum Gasteiger partial charge on any atom is -0.462 e. The normalized spacial score (nSPS) is 14.0. The molecule has 0 saturated carbocycles. The number of aliphatic hydroxyl groups is 1. The first kappa shape index (κ1) is 91.1. The first-order valence-electron chi connectivity index (χ1n) is 38.6. The first-order valence-corrected chi connectivity index (χ1v) is 41.6. The van der Waals surface area contributed by atoms with E-state index >= 15 is 0 Å². The Morgan fingerprint density at radius 2 is 0.495 bits per heavy atom. The largest absolute Gasteiger partial charge is 0.472 e. The van der Waals surface area contributed by atoms with Gasteiger partial charge in [0.25, 0.3) is 0 Å². The number of unbranched alkanes of at least 4 members (excludes halogenated alkanes) is 46. The molecule has 0 aliphatic heterocycles. The van der Waals surface area contributed by atoms with Gasteiger partial charge in [-0.15, -0.1) is 0 Å². The van der Waals surface area contributed by atoms with Gasteiger partial charge in [-0.3, -0.25) is 37.3 Å². The third-order valence-corrected chi connectivity index (χ3v) is 19.2. The van der Waals surface area contributed by atoms with E-state index in [0.717, 1.165) is 95.8 Å². The summed E-state index contributed by atoms with van der Waals surface area (Å²) in [6.45, 7) is 7.27. The van der Waals surface area contributed by atoms with Crippen LogP contribution in [0.1, 0.15) is 388 Å². The second-order valence-electron chi connectivity index (χ2n) is 27.2. The smallest absolute Gasteiger partial charge is 0.462 e. The lowest BCUT2D eigenvalue weighted by Crippen LogP contribution is -2.30. The quantitative estimate of drug-likeness (QED) is 0.0222. The summed E-state index contributed by atoms with van der Waals surface area (Å²) in [5, 5.41) is 10.6. The topological polar surface area (TPSA) is 237 Å². The molecule has 0 aliphatic rings. The number of ether oxygens (including phenoxy) is 4. The number of carbonyl (C=O) groups is 4. The highest BCUT2D eigenvalue weighted by molar-refractivity contribution is 7.47. The lowest BCUT2D eigenvalue weighted by Gasteiger charge is -2.21. The van der Waals surface area contributed by atoms with Crippen molar-refractivity contribution in [3.05, 3.63) is 0 Å². The van der Waals surface area contributed by atoms with Crippen molar-refractivity contribution in [1.29, 1.82) is 0 Å². The molecular weight excluding hydrogens is 1220 g/mol. The lowest BCUT2D eigenvalue weighted by molar-refractivity contribution is -0.161. The molecule has 552 valence electrons. The summed E-state index contributed by atoms with van der Waals surface area (Å²) in [4.78, 5) is 72.8. The van der Waals surface area contributed by atoms with Crippen LogP contribution >= 0.6 is 15.6 Å². The molecule has 3 N–H and O–H groups in total. The fraction of sp³-hybridized carbons (Fsp3) is 0.946. The average molecular weight is 1370 g/mol. The molecule has 0 aliphatic carbocycles. The Morgan fingerprint density at radius 1 is 0.290 bits per heavy atom. The predicted octanol–water partition coefficient (Wildman–Crippen LogP) is 21.7. The third kappa shape index (κ3) is 68.4. The Bertz CT molecular complexity index is 1790. The Morgan fingerprint density at radius 3 is 0.731 bits per heavy atom. The molecule has 2 unspecified atom stereocenters. The predicted molar refractivity (Wildman–Crippen MR) is 377 cm³/mol. The molecule has 19 heteroatoms. The van der Waals surface area contributed by atoms with Crippen LogP contribution in [-0.2, 0) is 65.4 Å². The van der Waals surface area contributed by atoms with Crippen molar-refractivity contribution in [2.45, 2.75) is 406 Å². The van der Waals surface area contributed by atoms with Crippen molar-refractivity contribution in [1.82, 2.24) is 0 Å². The molecule has 0 bridgehead atoms. The maximum Gasteiger partial charge on any atom is 0.472 e. The molecule has 93 heavy (non-hydrogen) atoms. The summed E-state index contributed by atoms with van der Waals surface area (Å²) in [7, 11) is -9.91. The molecule has 0 heterocycles. The van der Waals surface area contributed by atoms with Crippen LogP contribution in [0.5, 0.6) is 0 Å². The van der Waals surface area contributed by atoms with Crippen LogP contribution in [0.3, 0.4) is 0 Å². The minimum absolute atomic E-state index is 0.108. The standard InChI is InChI=1S/C74H144O17P2/c1-6-9-12-15-18-21-24-27-30-32-37-42-47-52-57-71(76)84-63-69(90-74(79)60-55-50-45-39-34-31-28-25-22-19-16-13-10-7-2)65-88-92(80,81)86-61-68(75)62-87-93(82,83)89-66-70(64-85-72(77)58-53-48-43-40-35-36-41-46-51-56-67(4)5)91-73(78)59-54-49-44-38-33-29-26-23-20-17-14-11-8-3/h67-70,75H,6-66H2,1-5H3,(H,80,81)(H,82,83)/t68-,69-,70-/m1/s1. The zero-order valence-corrected chi connectivity index (χ0v) is 62.2. The zero-order valence-electron chi connectivity index (χ0n) is 60.4. The summed E-state index contributed by atoms with van der Waals surface area (Å²) < 4.78 is 68.5. The summed E-state index contributed by atoms with van der Waals surface area (Å²) in [6, 6.07) is 0. The van der Waals surface area contributed by atoms with Crippen molar-refractivity contribution in [3.63, 3.8) is 0 Å². The van der Waals surface area contributed by atoms with E-state index in [1.807, 2.05) is 0 Å². The number of rotatable bonds is 74. The lowest BCUT2D eigenvalue weighted by atomic mass is 10.0. The van der Waals surface area contributed by atoms with Gasteiger partial charge in [-0.1, -0.05) is 336 Å². The molecule has 0 aromatic heterocycles. The van der Waals surface area contributed by atoms with Gasteiger partial charge in [0.05, 0.1) is 26.4 Å². The Balaban J connectivity index is 5.26. The van der Waals surface area contributed by atoms with E-state index in [4.69, 9.17) is 37.0 Å². The van der Waals surface area contributed by atoms with Gasteiger partial charge >= 0.3 is 39.5 Å². The highest BCUT2D eigenvalue weighted by Gasteiger charge is 2.30. The van der Waals surface area contributed by atoms with Crippen molar-refractivity contribution < 1.29 is 80.2 Å². The van der Waals surface area contributed by atoms with Gasteiger partial charge in [-0.25, -0.2) is 9.13 Å². The number of phosphoric ester groups is 2. The average Bonchev–Trinajstić information content (AvgIpc) is 1.77. The van der Waals surface area contributed by atoms with Gasteiger partial charge in [0, 0.05) is 25.7 Å². The number of carbonyl (C=O) groups excluding carboxylic acids is 4. The summed E-state index contributed by atoms with van der Waals surface area (Å²) in [5.41, 5.74) is 0. The first-order chi connectivity index (χ1) is 45.0. The summed E-state index contributed by atoms with van der Waals surface area (Å²) in [5.74, 6) is -1.37. The SMILES string of the molecule is CCCCCCCCCCCCCCCCC(=O)OC[C@H](COP(=O)(O)OC[C@@H](O)COP(=O)(O)OC[C@@H](COC(=O)CCCCCCCCCCCC(C)C)OC(=O)CCCCCCCCCCCCCCC)OC(=O)CCCCCCCCCCCCCCCC. The molecule has 0 aromatic carbocycles. The molecule has 0 fully saturated rings. The van der Waals surface area contributed by atoms with E-state index in [-0.39, 0.29) is 25.7 Å². The van der Waals surface area contributed by atoms with Gasteiger partial charge in [-0.2, -0.15) is 0 Å². The Kier molecular flexibility index (Phi) is 65.9. The second kappa shape index (κ2) is 67.3. The molecule has 0 amide bonds. The van der Waals surface area contributed by atoms with Crippen LogP contribution < -0.4 is 0 Å². The maximum absolute atomic E-state index is 13.1. The van der Waals surface area contributed by atoms with Gasteiger partial charge < -0.3 is 33.8 Å². The Labute approximate surface area is 568 Å². The van der Waals surface area contributed by atoms with E-state index in [1.54, 1.807) is 0 Å². The molecule has 0 aromatic rings. The molecule has 0 radical (unpaired) electrons. The summed E-state index contributed by atoms with van der Waals surface area (Å²) >= 11 is 0. The van der Waals surface area contributed by atoms with E-state index in [9.17, 15) is 43.2 Å². The van der Waals surface area contributed by atoms with Gasteiger partial charge in [0.15, 0.2) is 12.2 Å². The molecule has 0 rings (SSSR count). The zero-order chi connectivity index (χ0) is 68.4. The van der Waals surface area contributed by atoms with Crippen LogP contribution in [0, 0.1) is 5.92 Å². The van der Waals surface area contributed by atoms with Gasteiger partial charge in [-0.05, 0) is 31.6 Å². The second-order valence-corrected chi connectivity index (χ2v) is 30.1. The van der Waals surface area contributed by atoms with E-state index < -0.39 is 97.5 Å². The minimum atomic E-state index is -4.95. The number of phosphoric acid groups is 2. The van der Waals surface area contributed by atoms with Crippen molar-refractivity contribution in [2.75, 3.05) is 39.6 Å². The van der Waals surface area contributed by atoms with E-state index in [0.29, 0.717) is 25.7 Å². The van der Waals surface area contributed by atoms with Crippen molar-refractivity contribution in [3.8, 4) is 0 Å². The Hall–Kier alpha value is -1.94. The molecular formula is C74H144O17P2. The van der Waals surface area contributed by atoms with Crippen molar-refractivity contribution >= 4 is 39.5 Å². The number of hydrogen-bond donors (Lipinski definition) is 3. The molecule has 5 atom stereocenters. The highest BCUT2D eigenvalue weighted by atomic mass is 31.2. The maximum atomic E-state index is 13.1. The molecule has 0 spiro atoms. The van der Waals surface area contributed by atoms with Gasteiger partial charge in [0.1, 0.15) is 19.3 Å².